The molecule has 0 bridgehead atoms. The second-order valence-electron chi connectivity index (χ2n) is 5.91. The van der Waals surface area contributed by atoms with E-state index in [0.717, 1.165) is 11.3 Å². The fourth-order valence-electron chi connectivity index (χ4n) is 2.46. The molecule has 6 nitrogen and oxygen atoms in total. The Morgan fingerprint density at radius 1 is 1.21 bits per heavy atom. The number of carbonyl (C=O) groups is 1. The molecule has 3 rings (SSSR count). The van der Waals surface area contributed by atoms with Crippen LogP contribution in [0, 0.1) is 5.82 Å². The number of thioether (sulfide) groups is 1. The minimum absolute atomic E-state index is 0.0615. The molecule has 144 valence electrons. The molecule has 8 heteroatoms. The van der Waals surface area contributed by atoms with Crippen molar-refractivity contribution in [1.29, 1.82) is 0 Å². The summed E-state index contributed by atoms with van der Waals surface area (Å²) in [4.78, 5) is 31.1. The Morgan fingerprint density at radius 3 is 2.75 bits per heavy atom. The van der Waals surface area contributed by atoms with Gasteiger partial charge in [-0.15, -0.1) is 0 Å². The number of carbonyl (C=O) groups excluding carboxylic acids is 1. The minimum Gasteiger partial charge on any atom is -0.497 e. The molecule has 0 aliphatic heterocycles. The first-order chi connectivity index (χ1) is 13.5. The molecule has 3 aromatic rings. The molecule has 0 aliphatic carbocycles. The van der Waals surface area contributed by atoms with Gasteiger partial charge in [0, 0.05) is 17.5 Å². The topological polar surface area (TPSA) is 84.1 Å². The Labute approximate surface area is 165 Å². The Bertz CT molecular complexity index is 1020. The molecule has 0 spiro atoms. The van der Waals surface area contributed by atoms with Crippen LogP contribution in [0.15, 0.2) is 64.5 Å². The number of H-pyrrole nitrogens is 1. The van der Waals surface area contributed by atoms with Crippen molar-refractivity contribution in [2.24, 2.45) is 0 Å². The van der Waals surface area contributed by atoms with E-state index in [1.807, 2.05) is 24.3 Å². The van der Waals surface area contributed by atoms with E-state index in [4.69, 9.17) is 4.74 Å². The van der Waals surface area contributed by atoms with Gasteiger partial charge in [-0.05, 0) is 42.0 Å². The van der Waals surface area contributed by atoms with Crippen molar-refractivity contribution in [2.75, 3.05) is 12.4 Å². The molecule has 0 unspecified atom stereocenters. The summed E-state index contributed by atoms with van der Waals surface area (Å²) in [5.41, 5.74) is 1.53. The van der Waals surface area contributed by atoms with Gasteiger partial charge in [0.2, 0.25) is 5.91 Å². The van der Waals surface area contributed by atoms with E-state index in [-0.39, 0.29) is 23.7 Å². The van der Waals surface area contributed by atoms with Crippen LogP contribution in [0.4, 0.5) is 10.1 Å². The van der Waals surface area contributed by atoms with E-state index in [1.165, 1.54) is 42.1 Å². The van der Waals surface area contributed by atoms with E-state index in [9.17, 15) is 14.0 Å². The molecular formula is C20H18FN3O3S. The van der Waals surface area contributed by atoms with Gasteiger partial charge >= 0.3 is 0 Å². The molecule has 1 amide bonds. The summed E-state index contributed by atoms with van der Waals surface area (Å²) in [6, 6.07) is 14.3. The number of nitrogens with one attached hydrogen (secondary N) is 2. The zero-order valence-corrected chi connectivity index (χ0v) is 15.9. The van der Waals surface area contributed by atoms with Crippen LogP contribution in [0.1, 0.15) is 11.3 Å². The third-order valence-corrected chi connectivity index (χ3v) is 4.70. The maximum absolute atomic E-state index is 12.9. The molecule has 0 radical (unpaired) electrons. The minimum atomic E-state index is -0.382. The van der Waals surface area contributed by atoms with Crippen molar-refractivity contribution in [2.45, 2.75) is 17.3 Å². The Balaban J connectivity index is 1.64. The third-order valence-electron chi connectivity index (χ3n) is 3.75. The number of hydrogen-bond donors (Lipinski definition) is 2. The monoisotopic (exact) mass is 399 g/mol. The number of aromatic amines is 1. The zero-order chi connectivity index (χ0) is 19.9. The van der Waals surface area contributed by atoms with Crippen LogP contribution in [0.25, 0.3) is 0 Å². The van der Waals surface area contributed by atoms with E-state index in [2.05, 4.69) is 15.3 Å². The highest BCUT2D eigenvalue weighted by molar-refractivity contribution is 7.98. The first-order valence-electron chi connectivity index (χ1n) is 8.43. The quantitative estimate of drug-likeness (QED) is 0.470. The summed E-state index contributed by atoms with van der Waals surface area (Å²) in [6.45, 7) is 0. The first kappa shape index (κ1) is 19.6. The summed E-state index contributed by atoms with van der Waals surface area (Å²) >= 11 is 1.36. The zero-order valence-electron chi connectivity index (χ0n) is 15.1. The average molecular weight is 399 g/mol. The predicted molar refractivity (Wildman–Crippen MR) is 106 cm³/mol. The predicted octanol–water partition coefficient (Wildman–Crippen LogP) is 3.39. The highest BCUT2D eigenvalue weighted by Gasteiger charge is 2.09. The van der Waals surface area contributed by atoms with E-state index in [1.54, 1.807) is 7.11 Å². The van der Waals surface area contributed by atoms with Crippen LogP contribution in [0.2, 0.25) is 0 Å². The summed E-state index contributed by atoms with van der Waals surface area (Å²) in [5.74, 6) is 0.622. The summed E-state index contributed by atoms with van der Waals surface area (Å²) in [5, 5.41) is 3.08. The van der Waals surface area contributed by atoms with Crippen LogP contribution >= 0.6 is 11.8 Å². The number of anilines is 1. The largest absolute Gasteiger partial charge is 0.497 e. The lowest BCUT2D eigenvalue weighted by atomic mass is 10.2. The average Bonchev–Trinajstić information content (AvgIpc) is 2.68. The molecule has 2 aromatic carbocycles. The molecule has 0 saturated heterocycles. The molecular weight excluding hydrogens is 381 g/mol. The number of hydrogen-bond acceptors (Lipinski definition) is 5. The normalized spacial score (nSPS) is 10.5. The Hall–Kier alpha value is -3.13. The first-order valence-corrected chi connectivity index (χ1v) is 9.42. The van der Waals surface area contributed by atoms with Gasteiger partial charge in [-0.3, -0.25) is 9.59 Å². The van der Waals surface area contributed by atoms with Crippen LogP contribution in [-0.2, 0) is 17.0 Å². The number of halogens is 1. The molecule has 0 fully saturated rings. The molecule has 0 aliphatic rings. The summed E-state index contributed by atoms with van der Waals surface area (Å²) in [6.07, 6.45) is -0.0615. The van der Waals surface area contributed by atoms with Gasteiger partial charge in [-0.2, -0.15) is 0 Å². The molecule has 28 heavy (non-hydrogen) atoms. The van der Waals surface area contributed by atoms with Crippen molar-refractivity contribution in [3.8, 4) is 5.75 Å². The fourth-order valence-corrected chi connectivity index (χ4v) is 3.30. The number of rotatable bonds is 7. The van der Waals surface area contributed by atoms with Gasteiger partial charge in [0.25, 0.3) is 5.56 Å². The smallest absolute Gasteiger partial charge is 0.251 e. The number of ether oxygens (including phenoxy) is 1. The molecule has 0 saturated carbocycles. The summed E-state index contributed by atoms with van der Waals surface area (Å²) < 4.78 is 18.1. The van der Waals surface area contributed by atoms with E-state index < -0.39 is 0 Å². The molecule has 1 aromatic heterocycles. The maximum Gasteiger partial charge on any atom is 0.251 e. The number of methoxy groups -OCH3 is 1. The maximum atomic E-state index is 12.9. The van der Waals surface area contributed by atoms with Crippen LogP contribution in [0.5, 0.6) is 5.75 Å². The Morgan fingerprint density at radius 2 is 2.00 bits per heavy atom. The van der Waals surface area contributed by atoms with Crippen molar-refractivity contribution >= 4 is 23.4 Å². The van der Waals surface area contributed by atoms with Gasteiger partial charge in [-0.1, -0.05) is 23.9 Å². The number of benzene rings is 2. The summed E-state index contributed by atoms with van der Waals surface area (Å²) in [7, 11) is 1.60. The standard InChI is InChI=1S/C20H18FN3O3S/c1-27-17-4-2-3-13(9-17)12-28-20-23-16(11-19(26)24-20)10-18(25)22-15-7-5-14(21)6-8-15/h2-9,11H,10,12H2,1H3,(H,22,25)(H,23,24,26). The second-order valence-corrected chi connectivity index (χ2v) is 6.88. The van der Waals surface area contributed by atoms with Crippen molar-refractivity contribution in [3.05, 3.63) is 82.0 Å². The van der Waals surface area contributed by atoms with Crippen molar-refractivity contribution in [1.82, 2.24) is 9.97 Å². The van der Waals surface area contributed by atoms with Crippen LogP contribution in [-0.4, -0.2) is 23.0 Å². The lowest BCUT2D eigenvalue weighted by Gasteiger charge is -2.07. The van der Waals surface area contributed by atoms with Gasteiger partial charge < -0.3 is 15.0 Å². The lowest BCUT2D eigenvalue weighted by molar-refractivity contribution is -0.115. The second kappa shape index (κ2) is 9.18. The fraction of sp³-hybridized carbons (Fsp3) is 0.150. The van der Waals surface area contributed by atoms with Crippen molar-refractivity contribution in [3.63, 3.8) is 0 Å². The molecule has 2 N–H and O–H groups in total. The van der Waals surface area contributed by atoms with Gasteiger partial charge in [-0.25, -0.2) is 9.37 Å². The SMILES string of the molecule is COc1cccc(CSc2nc(CC(=O)Nc3ccc(F)cc3)cc(=O)[nH]2)c1. The molecule has 0 atom stereocenters. The van der Waals surface area contributed by atoms with Gasteiger partial charge in [0.15, 0.2) is 5.16 Å². The van der Waals surface area contributed by atoms with Gasteiger partial charge in [0.05, 0.1) is 19.2 Å². The lowest BCUT2D eigenvalue weighted by Crippen LogP contribution is -2.18. The third kappa shape index (κ3) is 5.68. The molecule has 1 heterocycles. The highest BCUT2D eigenvalue weighted by atomic mass is 32.2. The van der Waals surface area contributed by atoms with Gasteiger partial charge in [0.1, 0.15) is 11.6 Å². The number of nitrogens with zero attached hydrogens (tertiary/aromatic N) is 1. The van der Waals surface area contributed by atoms with Crippen molar-refractivity contribution < 1.29 is 13.9 Å². The van der Waals surface area contributed by atoms with E-state index in [0.29, 0.717) is 22.3 Å². The number of amides is 1. The highest BCUT2D eigenvalue weighted by Crippen LogP contribution is 2.21. The van der Waals surface area contributed by atoms with Crippen LogP contribution in [0.3, 0.4) is 0 Å². The number of aromatic nitrogens is 2. The van der Waals surface area contributed by atoms with Crippen LogP contribution < -0.4 is 15.6 Å². The van der Waals surface area contributed by atoms with E-state index >= 15 is 0 Å². The Kier molecular flexibility index (Phi) is 6.44.